The molecule has 1 unspecified atom stereocenters. The summed E-state index contributed by atoms with van der Waals surface area (Å²) in [5, 5.41) is 0. The summed E-state index contributed by atoms with van der Waals surface area (Å²) in [5.41, 5.74) is 9.50. The number of hydrogen-bond acceptors (Lipinski definition) is 3. The normalized spacial score (nSPS) is 18.8. The van der Waals surface area contributed by atoms with Crippen LogP contribution in [-0.2, 0) is 6.54 Å². The van der Waals surface area contributed by atoms with Crippen LogP contribution in [0.4, 0.5) is 5.69 Å². The second-order valence-electron chi connectivity index (χ2n) is 5.01. The molecule has 2 N–H and O–H groups in total. The molecular weight excluding hydrogens is 234 g/mol. The molecule has 3 heteroatoms. The number of nitrogens with zero attached hydrogens (tertiary/aromatic N) is 2. The molecule has 2 aromatic rings. The van der Waals surface area contributed by atoms with Crippen molar-refractivity contribution in [3.05, 3.63) is 59.9 Å². The van der Waals surface area contributed by atoms with Crippen LogP contribution in [0.5, 0.6) is 0 Å². The third kappa shape index (κ3) is 2.47. The Bertz CT molecular complexity index is 539. The lowest BCUT2D eigenvalue weighted by molar-refractivity contribution is 0.715. The van der Waals surface area contributed by atoms with Gasteiger partial charge in [0.15, 0.2) is 0 Å². The van der Waals surface area contributed by atoms with Gasteiger partial charge in [0.2, 0.25) is 0 Å². The summed E-state index contributed by atoms with van der Waals surface area (Å²) in [5.74, 6) is 0. The summed E-state index contributed by atoms with van der Waals surface area (Å²) in [6, 6.07) is 13.2. The third-order valence-corrected chi connectivity index (χ3v) is 3.80. The lowest BCUT2D eigenvalue weighted by Gasteiger charge is -2.27. The van der Waals surface area contributed by atoms with Crippen LogP contribution in [0.15, 0.2) is 48.8 Å². The lowest BCUT2D eigenvalue weighted by atomic mass is 10.1. The molecule has 1 aliphatic rings. The van der Waals surface area contributed by atoms with Gasteiger partial charge in [0.05, 0.1) is 6.04 Å². The summed E-state index contributed by atoms with van der Waals surface area (Å²) < 4.78 is 0. The molecule has 1 aliphatic heterocycles. The predicted molar refractivity (Wildman–Crippen MR) is 77.9 cm³/mol. The summed E-state index contributed by atoms with van der Waals surface area (Å²) >= 11 is 0. The van der Waals surface area contributed by atoms with Crippen molar-refractivity contribution in [3.8, 4) is 0 Å². The average molecular weight is 253 g/mol. The van der Waals surface area contributed by atoms with Crippen molar-refractivity contribution in [1.29, 1.82) is 0 Å². The van der Waals surface area contributed by atoms with E-state index in [1.165, 1.54) is 29.7 Å². The lowest BCUT2D eigenvalue weighted by Crippen LogP contribution is -2.22. The van der Waals surface area contributed by atoms with Crippen LogP contribution in [0.2, 0.25) is 0 Å². The molecule has 0 radical (unpaired) electrons. The van der Waals surface area contributed by atoms with Crippen LogP contribution in [0.1, 0.15) is 30.0 Å². The molecule has 1 atom stereocenters. The Hall–Kier alpha value is -1.87. The summed E-state index contributed by atoms with van der Waals surface area (Å²) in [7, 11) is 0. The minimum absolute atomic E-state index is 0.446. The van der Waals surface area contributed by atoms with E-state index in [1.807, 2.05) is 18.5 Å². The Morgan fingerprint density at radius 3 is 3.00 bits per heavy atom. The molecule has 3 nitrogen and oxygen atoms in total. The van der Waals surface area contributed by atoms with Crippen molar-refractivity contribution < 1.29 is 0 Å². The number of nitrogens with two attached hydrogens (primary N) is 1. The molecule has 0 saturated carbocycles. The van der Waals surface area contributed by atoms with Gasteiger partial charge >= 0.3 is 0 Å². The Morgan fingerprint density at radius 1 is 1.26 bits per heavy atom. The monoisotopic (exact) mass is 253 g/mol. The topological polar surface area (TPSA) is 42.1 Å². The van der Waals surface area contributed by atoms with E-state index in [1.54, 1.807) is 0 Å². The SMILES string of the molecule is NCc1cccc(N2CCCC2c2cccnc2)c1. The second-order valence-corrected chi connectivity index (χ2v) is 5.01. The molecule has 1 aromatic carbocycles. The van der Waals surface area contributed by atoms with Gasteiger partial charge in [-0.25, -0.2) is 0 Å². The molecule has 2 heterocycles. The van der Waals surface area contributed by atoms with Gasteiger partial charge in [0.1, 0.15) is 0 Å². The summed E-state index contributed by atoms with van der Waals surface area (Å²) in [6.45, 7) is 1.70. The van der Waals surface area contributed by atoms with Gasteiger partial charge in [-0.05, 0) is 42.2 Å². The van der Waals surface area contributed by atoms with E-state index in [-0.39, 0.29) is 0 Å². The van der Waals surface area contributed by atoms with E-state index >= 15 is 0 Å². The smallest absolute Gasteiger partial charge is 0.0558 e. The zero-order chi connectivity index (χ0) is 13.1. The molecular formula is C16H19N3. The Morgan fingerprint density at radius 2 is 2.21 bits per heavy atom. The van der Waals surface area contributed by atoms with Crippen molar-refractivity contribution in [2.24, 2.45) is 5.73 Å². The molecule has 0 spiro atoms. The largest absolute Gasteiger partial charge is 0.364 e. The van der Waals surface area contributed by atoms with E-state index in [4.69, 9.17) is 5.73 Å². The van der Waals surface area contributed by atoms with E-state index in [2.05, 4.69) is 40.2 Å². The molecule has 0 aliphatic carbocycles. The minimum Gasteiger partial charge on any atom is -0.364 e. The maximum Gasteiger partial charge on any atom is 0.0558 e. The van der Waals surface area contributed by atoms with Gasteiger partial charge in [-0.1, -0.05) is 18.2 Å². The molecule has 3 rings (SSSR count). The Kier molecular flexibility index (Phi) is 3.47. The van der Waals surface area contributed by atoms with Crippen LogP contribution in [-0.4, -0.2) is 11.5 Å². The molecule has 98 valence electrons. The first-order valence-corrected chi connectivity index (χ1v) is 6.84. The van der Waals surface area contributed by atoms with Gasteiger partial charge < -0.3 is 10.6 Å². The molecule has 1 aromatic heterocycles. The van der Waals surface area contributed by atoms with E-state index in [0.29, 0.717) is 12.6 Å². The van der Waals surface area contributed by atoms with Gasteiger partial charge in [-0.2, -0.15) is 0 Å². The third-order valence-electron chi connectivity index (χ3n) is 3.80. The maximum absolute atomic E-state index is 5.73. The van der Waals surface area contributed by atoms with Gasteiger partial charge in [0.25, 0.3) is 0 Å². The van der Waals surface area contributed by atoms with E-state index in [9.17, 15) is 0 Å². The number of hydrogen-bond donors (Lipinski definition) is 1. The zero-order valence-electron chi connectivity index (χ0n) is 11.0. The maximum atomic E-state index is 5.73. The van der Waals surface area contributed by atoms with Crippen molar-refractivity contribution in [1.82, 2.24) is 4.98 Å². The highest BCUT2D eigenvalue weighted by atomic mass is 15.2. The van der Waals surface area contributed by atoms with Crippen LogP contribution in [0.25, 0.3) is 0 Å². The van der Waals surface area contributed by atoms with Crippen molar-refractivity contribution >= 4 is 5.69 Å². The first-order chi connectivity index (χ1) is 9.38. The quantitative estimate of drug-likeness (QED) is 0.914. The fraction of sp³-hybridized carbons (Fsp3) is 0.312. The Labute approximate surface area is 114 Å². The predicted octanol–water partition coefficient (Wildman–Crippen LogP) is 2.88. The molecule has 0 bridgehead atoms. The van der Waals surface area contributed by atoms with Crippen molar-refractivity contribution in [2.75, 3.05) is 11.4 Å². The van der Waals surface area contributed by atoms with Crippen LogP contribution in [0.3, 0.4) is 0 Å². The zero-order valence-corrected chi connectivity index (χ0v) is 11.0. The molecule has 1 saturated heterocycles. The standard InChI is InChI=1S/C16H19N3/c17-11-13-4-1-6-15(10-13)19-9-3-7-16(19)14-5-2-8-18-12-14/h1-2,4-6,8,10,12,16H,3,7,9,11,17H2. The molecule has 19 heavy (non-hydrogen) atoms. The summed E-state index contributed by atoms with van der Waals surface area (Å²) in [6.07, 6.45) is 6.23. The van der Waals surface area contributed by atoms with Crippen molar-refractivity contribution in [2.45, 2.75) is 25.4 Å². The molecule has 0 amide bonds. The van der Waals surface area contributed by atoms with Gasteiger partial charge in [-0.15, -0.1) is 0 Å². The highest BCUT2D eigenvalue weighted by Gasteiger charge is 2.26. The van der Waals surface area contributed by atoms with Gasteiger partial charge in [0, 0.05) is 31.2 Å². The Balaban J connectivity index is 1.90. The highest BCUT2D eigenvalue weighted by Crippen LogP contribution is 2.35. The second kappa shape index (κ2) is 5.41. The average Bonchev–Trinajstić information content (AvgIpc) is 2.98. The van der Waals surface area contributed by atoms with Gasteiger partial charge in [-0.3, -0.25) is 4.98 Å². The summed E-state index contributed by atoms with van der Waals surface area (Å²) in [4.78, 5) is 6.71. The van der Waals surface area contributed by atoms with Crippen LogP contribution < -0.4 is 10.6 Å². The number of pyridine rings is 1. The number of anilines is 1. The first kappa shape index (κ1) is 12.2. The van der Waals surface area contributed by atoms with E-state index in [0.717, 1.165) is 6.54 Å². The fourth-order valence-electron chi connectivity index (χ4n) is 2.86. The fourth-order valence-corrected chi connectivity index (χ4v) is 2.86. The highest BCUT2D eigenvalue weighted by molar-refractivity contribution is 5.51. The molecule has 1 fully saturated rings. The number of benzene rings is 1. The number of rotatable bonds is 3. The van der Waals surface area contributed by atoms with E-state index < -0.39 is 0 Å². The van der Waals surface area contributed by atoms with Crippen LogP contribution >= 0.6 is 0 Å². The minimum atomic E-state index is 0.446. The number of aromatic nitrogens is 1. The van der Waals surface area contributed by atoms with Crippen LogP contribution in [0, 0.1) is 0 Å². The van der Waals surface area contributed by atoms with Crippen molar-refractivity contribution in [3.63, 3.8) is 0 Å². The first-order valence-electron chi connectivity index (χ1n) is 6.84.